The van der Waals surface area contributed by atoms with E-state index in [2.05, 4.69) is 15.9 Å². The largest absolute Gasteiger partial charge is 0.378 e. The van der Waals surface area contributed by atoms with Crippen molar-refractivity contribution in [2.45, 2.75) is 18.9 Å². The van der Waals surface area contributed by atoms with Gasteiger partial charge in [-0.3, -0.25) is 0 Å². The number of piperidine rings is 1. The Morgan fingerprint density at radius 2 is 1.89 bits per heavy atom. The molecule has 1 N–H and O–H groups in total. The highest BCUT2D eigenvalue weighted by molar-refractivity contribution is 8.27. The molecule has 2 fully saturated rings. The van der Waals surface area contributed by atoms with Crippen molar-refractivity contribution < 1.29 is 9.53 Å². The molecule has 1 atom stereocenters. The lowest BCUT2D eigenvalue weighted by Crippen LogP contribution is -2.51. The normalized spacial score (nSPS) is 24.8. The average molecular weight is 291 g/mol. The maximum Gasteiger partial charge on any atom is 0.317 e. The van der Waals surface area contributed by atoms with Gasteiger partial charge in [0.15, 0.2) is 0 Å². The Bertz CT molecular complexity index is 313. The molecule has 1 unspecified atom stereocenters. The van der Waals surface area contributed by atoms with Crippen LogP contribution in [-0.2, 0) is 25.6 Å². The van der Waals surface area contributed by atoms with Gasteiger partial charge >= 0.3 is 6.03 Å². The van der Waals surface area contributed by atoms with E-state index >= 15 is 0 Å². The molecule has 0 saturated carbocycles. The molecule has 2 aliphatic rings. The van der Waals surface area contributed by atoms with E-state index in [-0.39, 0.29) is 15.7 Å². The van der Waals surface area contributed by atoms with Crippen LogP contribution in [0.4, 0.5) is 4.79 Å². The van der Waals surface area contributed by atoms with Gasteiger partial charge < -0.3 is 15.0 Å². The predicted octanol–water partition coefficient (Wildman–Crippen LogP) is 0.118. The molecule has 0 aromatic heterocycles. The van der Waals surface area contributed by atoms with Crippen LogP contribution in [0.25, 0.3) is 0 Å². The highest BCUT2D eigenvalue weighted by Crippen LogP contribution is 2.12. The Morgan fingerprint density at radius 1 is 1.28 bits per heavy atom. The van der Waals surface area contributed by atoms with Gasteiger partial charge in [-0.2, -0.15) is 0 Å². The zero-order valence-corrected chi connectivity index (χ0v) is 12.4. The minimum atomic E-state index is -0.0569. The van der Waals surface area contributed by atoms with Crippen molar-refractivity contribution in [2.24, 2.45) is 0 Å². The molecule has 0 bridgehead atoms. The SMILES string of the molecule is CS(=S)N1CCC(NC(=O)N2CCOCC2)CC1. The summed E-state index contributed by atoms with van der Waals surface area (Å²) in [5, 5.41) is 3.12. The monoisotopic (exact) mass is 291 g/mol. The van der Waals surface area contributed by atoms with Gasteiger partial charge in [0.2, 0.25) is 0 Å². The number of rotatable bonds is 2. The van der Waals surface area contributed by atoms with E-state index in [0.717, 1.165) is 25.9 Å². The van der Waals surface area contributed by atoms with Crippen LogP contribution >= 0.6 is 0 Å². The third kappa shape index (κ3) is 3.88. The smallest absolute Gasteiger partial charge is 0.317 e. The Hall–Kier alpha value is -0.240. The van der Waals surface area contributed by atoms with Crippen LogP contribution in [0, 0.1) is 0 Å². The summed E-state index contributed by atoms with van der Waals surface area (Å²) in [5.74, 6) is 0. The average Bonchev–Trinajstić information content (AvgIpc) is 2.40. The number of nitrogens with one attached hydrogen (secondary N) is 1. The topological polar surface area (TPSA) is 44.8 Å². The van der Waals surface area contributed by atoms with Crippen molar-refractivity contribution in [3.8, 4) is 0 Å². The number of carbonyl (C=O) groups excluding carboxylic acids is 1. The molecular formula is C11H21N3O2S2. The van der Waals surface area contributed by atoms with Gasteiger partial charge in [0.05, 0.1) is 13.2 Å². The zero-order valence-electron chi connectivity index (χ0n) is 10.8. The minimum Gasteiger partial charge on any atom is -0.378 e. The third-order valence-corrected chi connectivity index (χ3v) is 5.17. The molecule has 2 heterocycles. The molecule has 104 valence electrons. The molecule has 0 spiro atoms. The van der Waals surface area contributed by atoms with Crippen molar-refractivity contribution in [3.63, 3.8) is 0 Å². The third-order valence-electron chi connectivity index (χ3n) is 3.44. The summed E-state index contributed by atoms with van der Waals surface area (Å²) < 4.78 is 7.55. The fourth-order valence-electron chi connectivity index (χ4n) is 2.29. The molecule has 2 saturated heterocycles. The number of hydrogen-bond acceptors (Lipinski definition) is 3. The fraction of sp³-hybridized carbons (Fsp3) is 0.909. The Morgan fingerprint density at radius 3 is 2.44 bits per heavy atom. The lowest BCUT2D eigenvalue weighted by molar-refractivity contribution is 0.0520. The van der Waals surface area contributed by atoms with Gasteiger partial charge in [-0.25, -0.2) is 9.10 Å². The van der Waals surface area contributed by atoms with E-state index in [1.54, 1.807) is 0 Å². The first kappa shape index (κ1) is 14.2. The number of hydrogen-bond donors (Lipinski definition) is 1. The first-order chi connectivity index (χ1) is 8.66. The van der Waals surface area contributed by atoms with Crippen LogP contribution in [0.2, 0.25) is 0 Å². The molecule has 0 aromatic carbocycles. The maximum absolute atomic E-state index is 12.0. The maximum atomic E-state index is 12.0. The summed E-state index contributed by atoms with van der Waals surface area (Å²) in [6.07, 6.45) is 4.08. The Labute approximate surface area is 116 Å². The van der Waals surface area contributed by atoms with Crippen LogP contribution < -0.4 is 5.32 Å². The summed E-state index contributed by atoms with van der Waals surface area (Å²) in [6.45, 7) is 4.71. The van der Waals surface area contributed by atoms with E-state index in [9.17, 15) is 4.79 Å². The summed E-state index contributed by atoms with van der Waals surface area (Å²) in [4.78, 5) is 13.8. The molecule has 5 nitrogen and oxygen atoms in total. The highest BCUT2D eigenvalue weighted by Gasteiger charge is 2.24. The first-order valence-corrected chi connectivity index (χ1v) is 8.90. The fourth-order valence-corrected chi connectivity index (χ4v) is 3.46. The lowest BCUT2D eigenvalue weighted by atomic mass is 10.1. The van der Waals surface area contributed by atoms with Crippen molar-refractivity contribution in [1.82, 2.24) is 14.5 Å². The summed E-state index contributed by atoms with van der Waals surface area (Å²) in [7, 11) is -0.0569. The summed E-state index contributed by atoms with van der Waals surface area (Å²) in [6, 6.07) is 0.362. The van der Waals surface area contributed by atoms with Gasteiger partial charge in [-0.1, -0.05) is 9.64 Å². The molecule has 7 heteroatoms. The predicted molar refractivity (Wildman–Crippen MR) is 76.2 cm³/mol. The second-order valence-corrected chi connectivity index (χ2v) is 7.49. The summed E-state index contributed by atoms with van der Waals surface area (Å²) in [5.41, 5.74) is 0. The number of carbonyl (C=O) groups is 1. The Kier molecular flexibility index (Phi) is 5.35. The van der Waals surface area contributed by atoms with Gasteiger partial charge in [0.1, 0.15) is 0 Å². The zero-order chi connectivity index (χ0) is 13.0. The van der Waals surface area contributed by atoms with E-state index in [1.165, 1.54) is 0 Å². The second kappa shape index (κ2) is 6.79. The quantitative estimate of drug-likeness (QED) is 0.785. The standard InChI is InChI=1S/C11H21N3O2S2/c1-18(17)14-4-2-10(3-5-14)12-11(15)13-6-8-16-9-7-13/h10H,2-9H2,1H3,(H,12,15). The second-order valence-electron chi connectivity index (χ2n) is 4.68. The number of amides is 2. The molecule has 0 radical (unpaired) electrons. The van der Waals surface area contributed by atoms with Gasteiger partial charge in [-0.15, -0.1) is 0 Å². The number of urea groups is 1. The van der Waals surface area contributed by atoms with Crippen molar-refractivity contribution in [2.75, 3.05) is 45.6 Å². The van der Waals surface area contributed by atoms with Gasteiger partial charge in [0.25, 0.3) is 0 Å². The van der Waals surface area contributed by atoms with Crippen LogP contribution in [0.3, 0.4) is 0 Å². The van der Waals surface area contributed by atoms with Crippen LogP contribution in [0.5, 0.6) is 0 Å². The van der Waals surface area contributed by atoms with E-state index < -0.39 is 0 Å². The minimum absolute atomic E-state index is 0.0569. The van der Waals surface area contributed by atoms with Crippen LogP contribution in [0.1, 0.15) is 12.8 Å². The van der Waals surface area contributed by atoms with Crippen molar-refractivity contribution in [3.05, 3.63) is 0 Å². The van der Waals surface area contributed by atoms with Crippen LogP contribution in [0.15, 0.2) is 0 Å². The lowest BCUT2D eigenvalue weighted by Gasteiger charge is -2.34. The Balaban J connectivity index is 1.73. The summed E-state index contributed by atoms with van der Waals surface area (Å²) >= 11 is 5.27. The first-order valence-electron chi connectivity index (χ1n) is 6.38. The molecular weight excluding hydrogens is 270 g/mol. The van der Waals surface area contributed by atoms with Gasteiger partial charge in [0, 0.05) is 38.5 Å². The molecule has 2 rings (SSSR count). The van der Waals surface area contributed by atoms with Crippen molar-refractivity contribution >= 4 is 26.9 Å². The van der Waals surface area contributed by atoms with E-state index in [0.29, 0.717) is 32.3 Å². The molecule has 2 aliphatic heterocycles. The van der Waals surface area contributed by atoms with E-state index in [4.69, 9.17) is 15.9 Å². The molecule has 2 amide bonds. The molecule has 18 heavy (non-hydrogen) atoms. The van der Waals surface area contributed by atoms with Crippen molar-refractivity contribution in [1.29, 1.82) is 0 Å². The van der Waals surface area contributed by atoms with Gasteiger partial charge in [-0.05, 0) is 24.0 Å². The van der Waals surface area contributed by atoms with E-state index in [1.807, 2.05) is 4.90 Å². The molecule has 0 aliphatic carbocycles. The molecule has 0 aromatic rings. The number of ether oxygens (including phenoxy) is 1. The van der Waals surface area contributed by atoms with Crippen LogP contribution in [-0.4, -0.2) is 66.9 Å². The highest BCUT2D eigenvalue weighted by atomic mass is 32.8. The number of morpholine rings is 1. The number of nitrogens with zero attached hydrogens (tertiary/aromatic N) is 2.